The van der Waals surface area contributed by atoms with Crippen molar-refractivity contribution in [2.24, 2.45) is 0 Å². The number of aromatic nitrogens is 2. The molecule has 3 rings (SSSR count). The van der Waals surface area contributed by atoms with Crippen LogP contribution in [-0.4, -0.2) is 47.7 Å². The van der Waals surface area contributed by atoms with Crippen molar-refractivity contribution in [3.8, 4) is 11.3 Å². The highest BCUT2D eigenvalue weighted by Gasteiger charge is 2.30. The van der Waals surface area contributed by atoms with E-state index >= 15 is 0 Å². The highest BCUT2D eigenvalue weighted by atomic mass is 15.3. The van der Waals surface area contributed by atoms with E-state index in [1.165, 1.54) is 0 Å². The first-order valence-electron chi connectivity index (χ1n) is 7.56. The molecule has 22 heavy (non-hydrogen) atoms. The molecule has 1 saturated heterocycles. The molecule has 114 valence electrons. The molecule has 0 spiro atoms. The zero-order chi connectivity index (χ0) is 15.7. The number of hydrogen-bond acceptors (Lipinski definition) is 4. The summed E-state index contributed by atoms with van der Waals surface area (Å²) >= 11 is 0. The fourth-order valence-electron chi connectivity index (χ4n) is 2.73. The van der Waals surface area contributed by atoms with Crippen LogP contribution in [-0.2, 0) is 6.54 Å². The Kier molecular flexibility index (Phi) is 3.86. The maximum Gasteiger partial charge on any atom is 0.171 e. The molecule has 1 aliphatic heterocycles. The average molecular weight is 295 g/mol. The van der Waals surface area contributed by atoms with E-state index in [1.54, 1.807) is 0 Å². The Morgan fingerprint density at radius 3 is 2.77 bits per heavy atom. The average Bonchev–Trinajstić information content (AvgIpc) is 2.47. The van der Waals surface area contributed by atoms with Gasteiger partial charge in [-0.15, -0.1) is 0 Å². The maximum absolute atomic E-state index is 8.50. The first kappa shape index (κ1) is 14.6. The van der Waals surface area contributed by atoms with Crippen molar-refractivity contribution in [3.63, 3.8) is 0 Å². The number of nitrogens with one attached hydrogen (secondary N) is 1. The van der Waals surface area contributed by atoms with Gasteiger partial charge in [-0.3, -0.25) is 5.41 Å². The van der Waals surface area contributed by atoms with Crippen LogP contribution in [0.15, 0.2) is 24.4 Å². The van der Waals surface area contributed by atoms with Crippen LogP contribution in [0.25, 0.3) is 11.3 Å². The van der Waals surface area contributed by atoms with E-state index in [2.05, 4.69) is 47.9 Å². The lowest BCUT2D eigenvalue weighted by atomic mass is 10.1. The van der Waals surface area contributed by atoms with Crippen LogP contribution in [0, 0.1) is 17.5 Å². The van der Waals surface area contributed by atoms with Gasteiger partial charge in [-0.25, -0.2) is 4.98 Å². The number of likely N-dealkylation sites (N-methyl/N-ethyl adjacent to an activating group) is 1. The summed E-state index contributed by atoms with van der Waals surface area (Å²) in [6, 6.07) is 12.3. The van der Waals surface area contributed by atoms with Crippen molar-refractivity contribution in [1.82, 2.24) is 14.5 Å². The number of rotatable bonds is 4. The Labute approximate surface area is 131 Å². The molecule has 0 amide bonds. The Bertz CT molecular complexity index is 699. The molecular formula is C17H21N5. The molecular weight excluding hydrogens is 274 g/mol. The predicted octanol–water partition coefficient (Wildman–Crippen LogP) is 1.40. The molecule has 1 N–H and O–H groups in total. The van der Waals surface area contributed by atoms with Crippen LogP contribution < -0.4 is 10.4 Å². The predicted molar refractivity (Wildman–Crippen MR) is 86.6 cm³/mol. The summed E-state index contributed by atoms with van der Waals surface area (Å²) in [4.78, 5) is 8.93. The Morgan fingerprint density at radius 2 is 2.18 bits per heavy atom. The first-order valence-corrected chi connectivity index (χ1v) is 7.56. The molecule has 5 heteroatoms. The van der Waals surface area contributed by atoms with Crippen LogP contribution in [0.5, 0.6) is 0 Å². The third-order valence-corrected chi connectivity index (χ3v) is 4.22. The fraction of sp³-hybridized carbons (Fsp3) is 0.412. The van der Waals surface area contributed by atoms with Crippen LogP contribution in [0.1, 0.15) is 6.92 Å². The quantitative estimate of drug-likeness (QED) is 0.927. The van der Waals surface area contributed by atoms with Crippen molar-refractivity contribution in [2.45, 2.75) is 19.5 Å². The minimum atomic E-state index is 0.467. The van der Waals surface area contributed by atoms with Gasteiger partial charge in [0, 0.05) is 25.7 Å². The van der Waals surface area contributed by atoms with Gasteiger partial charge in [0.25, 0.3) is 0 Å². The summed E-state index contributed by atoms with van der Waals surface area (Å²) in [5, 5.41) is 8.50. The van der Waals surface area contributed by atoms with E-state index in [9.17, 15) is 0 Å². The number of nitrogens with zero attached hydrogens (tertiary/aromatic N) is 4. The summed E-state index contributed by atoms with van der Waals surface area (Å²) in [5.41, 5.74) is 2.30. The summed E-state index contributed by atoms with van der Waals surface area (Å²) in [6.07, 6.45) is 1.85. The molecule has 1 fully saturated rings. The molecule has 0 radical (unpaired) electrons. The van der Waals surface area contributed by atoms with E-state index < -0.39 is 0 Å². The minimum Gasteiger partial charge on any atom is -0.350 e. The van der Waals surface area contributed by atoms with Gasteiger partial charge < -0.3 is 14.4 Å². The van der Waals surface area contributed by atoms with Gasteiger partial charge in [0.2, 0.25) is 0 Å². The third kappa shape index (κ3) is 2.46. The third-order valence-electron chi connectivity index (χ3n) is 4.22. The topological polar surface area (TPSA) is 48.2 Å². The zero-order valence-corrected chi connectivity index (χ0v) is 13.3. The van der Waals surface area contributed by atoms with E-state index in [-0.39, 0.29) is 0 Å². The lowest BCUT2D eigenvalue weighted by Crippen LogP contribution is -2.59. The van der Waals surface area contributed by atoms with Crippen molar-refractivity contribution in [1.29, 1.82) is 5.41 Å². The molecule has 1 aromatic carbocycles. The van der Waals surface area contributed by atoms with Gasteiger partial charge in [0.15, 0.2) is 11.3 Å². The molecule has 5 nitrogen and oxygen atoms in total. The SMILES string of the molecule is CCn1c(-c2c#cccc2)cnc(N2CC(N(C)C)C2)c1=N. The molecule has 2 aromatic rings. The van der Waals surface area contributed by atoms with Crippen molar-refractivity contribution in [2.75, 3.05) is 32.1 Å². The van der Waals surface area contributed by atoms with Crippen LogP contribution in [0.2, 0.25) is 0 Å². The summed E-state index contributed by atoms with van der Waals surface area (Å²) in [5.74, 6) is 0.767. The Balaban J connectivity index is 1.95. The van der Waals surface area contributed by atoms with E-state index in [1.807, 2.05) is 29.0 Å². The second kappa shape index (κ2) is 5.82. The first-order chi connectivity index (χ1) is 10.6. The highest BCUT2D eigenvalue weighted by Crippen LogP contribution is 2.20. The van der Waals surface area contributed by atoms with E-state index in [4.69, 9.17) is 5.41 Å². The van der Waals surface area contributed by atoms with Gasteiger partial charge in [0.1, 0.15) is 0 Å². The van der Waals surface area contributed by atoms with Gasteiger partial charge in [0.05, 0.1) is 17.5 Å². The Hall–Kier alpha value is -2.32. The summed E-state index contributed by atoms with van der Waals surface area (Å²) < 4.78 is 1.98. The standard InChI is InChI=1S/C17H21N5/c1-4-22-15(13-8-6-5-7-9-13)10-19-17(16(22)18)21-11-14(12-21)20(2)3/h5-6,8,10,14,18H,4,11-12H2,1-3H3. The highest BCUT2D eigenvalue weighted by molar-refractivity contribution is 5.58. The minimum absolute atomic E-state index is 0.467. The molecule has 0 saturated carbocycles. The molecule has 0 atom stereocenters. The van der Waals surface area contributed by atoms with Crippen LogP contribution >= 0.6 is 0 Å². The second-order valence-electron chi connectivity index (χ2n) is 5.79. The van der Waals surface area contributed by atoms with Crippen LogP contribution in [0.4, 0.5) is 5.82 Å². The van der Waals surface area contributed by atoms with Gasteiger partial charge in [-0.2, -0.15) is 0 Å². The molecule has 0 aliphatic carbocycles. The smallest absolute Gasteiger partial charge is 0.171 e. The van der Waals surface area contributed by atoms with Gasteiger partial charge >= 0.3 is 0 Å². The fourth-order valence-corrected chi connectivity index (χ4v) is 2.73. The number of anilines is 1. The lowest BCUT2D eigenvalue weighted by Gasteiger charge is -2.43. The summed E-state index contributed by atoms with van der Waals surface area (Å²) in [6.45, 7) is 4.65. The van der Waals surface area contributed by atoms with Crippen LogP contribution in [0.3, 0.4) is 0 Å². The Morgan fingerprint density at radius 1 is 1.41 bits per heavy atom. The van der Waals surface area contributed by atoms with E-state index in [0.29, 0.717) is 11.5 Å². The molecule has 1 aromatic heterocycles. The number of hydrogen-bond donors (Lipinski definition) is 1. The molecule has 0 unspecified atom stereocenters. The van der Waals surface area contributed by atoms with Gasteiger partial charge in [-0.1, -0.05) is 18.2 Å². The zero-order valence-electron chi connectivity index (χ0n) is 13.3. The second-order valence-corrected chi connectivity index (χ2v) is 5.79. The molecule has 0 bridgehead atoms. The molecule has 2 heterocycles. The monoisotopic (exact) mass is 295 g/mol. The van der Waals surface area contributed by atoms with Crippen molar-refractivity contribution < 1.29 is 0 Å². The lowest BCUT2D eigenvalue weighted by molar-refractivity contribution is 0.245. The summed E-state index contributed by atoms with van der Waals surface area (Å²) in [7, 11) is 4.18. The largest absolute Gasteiger partial charge is 0.350 e. The van der Waals surface area contributed by atoms with Gasteiger partial charge in [-0.05, 0) is 33.2 Å². The van der Waals surface area contributed by atoms with Crippen molar-refractivity contribution >= 4 is 5.82 Å². The van der Waals surface area contributed by atoms with Crippen molar-refractivity contribution in [3.05, 3.63) is 42.0 Å². The normalized spacial score (nSPS) is 14.8. The maximum atomic E-state index is 8.50. The molecule has 1 aliphatic rings. The van der Waals surface area contributed by atoms with E-state index in [0.717, 1.165) is 36.7 Å².